The number of benzene rings is 1. The van der Waals surface area contributed by atoms with E-state index in [2.05, 4.69) is 33.5 Å². The molecule has 1 aliphatic rings. The Balaban J connectivity index is 2.11. The normalized spacial score (nSPS) is 23.7. The van der Waals surface area contributed by atoms with Gasteiger partial charge in [-0.1, -0.05) is 11.6 Å². The van der Waals surface area contributed by atoms with Crippen LogP contribution in [0.15, 0.2) is 22.7 Å². The first-order valence-corrected chi connectivity index (χ1v) is 6.66. The van der Waals surface area contributed by atoms with E-state index in [9.17, 15) is 4.79 Å². The van der Waals surface area contributed by atoms with Crippen molar-refractivity contribution in [1.82, 2.24) is 10.6 Å². The molecule has 1 saturated heterocycles. The van der Waals surface area contributed by atoms with Gasteiger partial charge in [0.1, 0.15) is 0 Å². The highest BCUT2D eigenvalue weighted by atomic mass is 79.9. The molecule has 0 aromatic heterocycles. The quantitative estimate of drug-likeness (QED) is 0.880. The third-order valence-electron chi connectivity index (χ3n) is 2.97. The Morgan fingerprint density at radius 2 is 2.35 bits per heavy atom. The van der Waals surface area contributed by atoms with Gasteiger partial charge in [-0.25, -0.2) is 0 Å². The van der Waals surface area contributed by atoms with E-state index in [0.717, 1.165) is 24.0 Å². The van der Waals surface area contributed by atoms with Crippen LogP contribution in [0.2, 0.25) is 5.02 Å². The van der Waals surface area contributed by atoms with E-state index in [0.29, 0.717) is 10.6 Å². The van der Waals surface area contributed by atoms with Gasteiger partial charge in [0.2, 0.25) is 0 Å². The van der Waals surface area contributed by atoms with Gasteiger partial charge in [-0.2, -0.15) is 0 Å². The molecule has 0 aliphatic carbocycles. The average molecular weight is 318 g/mol. The fourth-order valence-electron chi connectivity index (χ4n) is 1.91. The Morgan fingerprint density at radius 1 is 1.59 bits per heavy atom. The zero-order valence-electron chi connectivity index (χ0n) is 9.52. The molecule has 1 unspecified atom stereocenters. The van der Waals surface area contributed by atoms with Crippen LogP contribution in [0.5, 0.6) is 0 Å². The standard InChI is InChI=1S/C12H14BrClN2O/c1-12(4-5-15-7-12)16-11(17)8-2-3-10(14)9(13)6-8/h2-3,6,15H,4-5,7H2,1H3,(H,16,17). The van der Waals surface area contributed by atoms with Gasteiger partial charge in [-0.05, 0) is 54.0 Å². The lowest BCUT2D eigenvalue weighted by Gasteiger charge is -2.24. The molecule has 17 heavy (non-hydrogen) atoms. The Hall–Kier alpha value is -0.580. The summed E-state index contributed by atoms with van der Waals surface area (Å²) in [5.74, 6) is -0.0615. The second-order valence-corrected chi connectivity index (χ2v) is 5.83. The minimum atomic E-state index is -0.150. The van der Waals surface area contributed by atoms with Gasteiger partial charge in [0.15, 0.2) is 0 Å². The first kappa shape index (κ1) is 12.9. The molecular formula is C12H14BrClN2O. The molecule has 3 nitrogen and oxygen atoms in total. The number of hydrogen-bond donors (Lipinski definition) is 2. The number of halogens is 2. The molecule has 1 aliphatic heterocycles. The smallest absolute Gasteiger partial charge is 0.251 e. The van der Waals surface area contributed by atoms with E-state index < -0.39 is 0 Å². The molecule has 1 atom stereocenters. The summed E-state index contributed by atoms with van der Waals surface area (Å²) in [6.45, 7) is 3.81. The van der Waals surface area contributed by atoms with Crippen LogP contribution >= 0.6 is 27.5 Å². The molecule has 5 heteroatoms. The maximum Gasteiger partial charge on any atom is 0.251 e. The van der Waals surface area contributed by atoms with Crippen LogP contribution in [0.3, 0.4) is 0 Å². The number of carbonyl (C=O) groups excluding carboxylic acids is 1. The van der Waals surface area contributed by atoms with Crippen LogP contribution in [0.25, 0.3) is 0 Å². The highest BCUT2D eigenvalue weighted by molar-refractivity contribution is 9.10. The molecular weight excluding hydrogens is 304 g/mol. The van der Waals surface area contributed by atoms with E-state index >= 15 is 0 Å². The summed E-state index contributed by atoms with van der Waals surface area (Å²) < 4.78 is 0.738. The number of amides is 1. The van der Waals surface area contributed by atoms with Crippen LogP contribution in [0, 0.1) is 0 Å². The fraction of sp³-hybridized carbons (Fsp3) is 0.417. The molecule has 1 fully saturated rings. The fourth-order valence-corrected chi connectivity index (χ4v) is 2.40. The first-order valence-electron chi connectivity index (χ1n) is 5.48. The van der Waals surface area contributed by atoms with Gasteiger partial charge >= 0.3 is 0 Å². The highest BCUT2D eigenvalue weighted by Crippen LogP contribution is 2.23. The van der Waals surface area contributed by atoms with Crippen molar-refractivity contribution in [3.8, 4) is 0 Å². The maximum atomic E-state index is 12.1. The van der Waals surface area contributed by atoms with Gasteiger partial charge in [0, 0.05) is 16.6 Å². The second-order valence-electron chi connectivity index (χ2n) is 4.57. The summed E-state index contributed by atoms with van der Waals surface area (Å²) in [6, 6.07) is 5.19. The summed E-state index contributed by atoms with van der Waals surface area (Å²) in [7, 11) is 0. The van der Waals surface area contributed by atoms with Crippen LogP contribution in [-0.2, 0) is 0 Å². The van der Waals surface area contributed by atoms with E-state index in [1.54, 1.807) is 18.2 Å². The van der Waals surface area contributed by atoms with Gasteiger partial charge in [0.05, 0.1) is 10.6 Å². The van der Waals surface area contributed by atoms with E-state index in [1.807, 2.05) is 0 Å². The zero-order chi connectivity index (χ0) is 12.5. The molecule has 0 radical (unpaired) electrons. The van der Waals surface area contributed by atoms with Crippen molar-refractivity contribution in [3.63, 3.8) is 0 Å². The summed E-state index contributed by atoms with van der Waals surface area (Å²) in [6.07, 6.45) is 0.952. The van der Waals surface area contributed by atoms with Crippen molar-refractivity contribution in [2.24, 2.45) is 0 Å². The lowest BCUT2D eigenvalue weighted by molar-refractivity contribution is 0.0913. The third-order valence-corrected chi connectivity index (χ3v) is 4.18. The van der Waals surface area contributed by atoms with Crippen molar-refractivity contribution in [2.75, 3.05) is 13.1 Å². The number of rotatable bonds is 2. The molecule has 1 amide bonds. The number of nitrogens with one attached hydrogen (secondary N) is 2. The predicted octanol–water partition coefficient (Wildman–Crippen LogP) is 2.58. The lowest BCUT2D eigenvalue weighted by atomic mass is 10.0. The topological polar surface area (TPSA) is 41.1 Å². The van der Waals surface area contributed by atoms with Crippen LogP contribution in [0.1, 0.15) is 23.7 Å². The Bertz CT molecular complexity index is 444. The molecule has 2 rings (SSSR count). The minimum Gasteiger partial charge on any atom is -0.346 e. The van der Waals surface area contributed by atoms with Gasteiger partial charge < -0.3 is 10.6 Å². The highest BCUT2D eigenvalue weighted by Gasteiger charge is 2.30. The minimum absolute atomic E-state index is 0.0615. The first-order chi connectivity index (χ1) is 8.00. The molecule has 1 aromatic carbocycles. The molecule has 0 spiro atoms. The number of hydrogen-bond acceptors (Lipinski definition) is 2. The monoisotopic (exact) mass is 316 g/mol. The Kier molecular flexibility index (Phi) is 3.76. The van der Waals surface area contributed by atoms with Gasteiger partial charge in [-0.3, -0.25) is 4.79 Å². The molecule has 1 heterocycles. The summed E-state index contributed by atoms with van der Waals surface area (Å²) in [5, 5.41) is 6.90. The maximum absolute atomic E-state index is 12.1. The van der Waals surface area contributed by atoms with Crippen molar-refractivity contribution in [2.45, 2.75) is 18.9 Å². The lowest BCUT2D eigenvalue weighted by Crippen LogP contribution is -2.47. The summed E-state index contributed by atoms with van der Waals surface area (Å²) >= 11 is 9.21. The van der Waals surface area contributed by atoms with Gasteiger partial charge in [0.25, 0.3) is 5.91 Å². The summed E-state index contributed by atoms with van der Waals surface area (Å²) in [5.41, 5.74) is 0.470. The van der Waals surface area contributed by atoms with E-state index in [4.69, 9.17) is 11.6 Å². The second kappa shape index (κ2) is 4.96. The van der Waals surface area contributed by atoms with E-state index in [1.165, 1.54) is 0 Å². The van der Waals surface area contributed by atoms with Crippen LogP contribution in [-0.4, -0.2) is 24.5 Å². The zero-order valence-corrected chi connectivity index (χ0v) is 11.9. The average Bonchev–Trinajstić information content (AvgIpc) is 2.69. The number of carbonyl (C=O) groups is 1. The third kappa shape index (κ3) is 3.00. The SMILES string of the molecule is CC1(NC(=O)c2ccc(Cl)c(Br)c2)CCNC1. The van der Waals surface area contributed by atoms with Crippen molar-refractivity contribution in [3.05, 3.63) is 33.3 Å². The largest absolute Gasteiger partial charge is 0.346 e. The Labute approximate surface area is 114 Å². The van der Waals surface area contributed by atoms with Crippen LogP contribution in [0.4, 0.5) is 0 Å². The van der Waals surface area contributed by atoms with Crippen molar-refractivity contribution >= 4 is 33.4 Å². The molecule has 92 valence electrons. The van der Waals surface area contributed by atoms with E-state index in [-0.39, 0.29) is 11.4 Å². The van der Waals surface area contributed by atoms with Crippen LogP contribution < -0.4 is 10.6 Å². The summed E-state index contributed by atoms with van der Waals surface area (Å²) in [4.78, 5) is 12.1. The van der Waals surface area contributed by atoms with Gasteiger partial charge in [-0.15, -0.1) is 0 Å². The Morgan fingerprint density at radius 3 is 2.94 bits per heavy atom. The van der Waals surface area contributed by atoms with Crippen molar-refractivity contribution in [1.29, 1.82) is 0 Å². The molecule has 0 saturated carbocycles. The molecule has 2 N–H and O–H groups in total. The molecule has 0 bridgehead atoms. The molecule has 1 aromatic rings. The predicted molar refractivity (Wildman–Crippen MR) is 72.5 cm³/mol. The van der Waals surface area contributed by atoms with Crippen molar-refractivity contribution < 1.29 is 4.79 Å².